The normalized spacial score (nSPS) is 13.8. The van der Waals surface area contributed by atoms with Crippen LogP contribution in [-0.4, -0.2) is 18.2 Å². The molecule has 0 fully saturated rings. The summed E-state index contributed by atoms with van der Waals surface area (Å²) in [5.74, 6) is -1.91. The molecule has 4 nitrogen and oxygen atoms in total. The highest BCUT2D eigenvalue weighted by molar-refractivity contribution is 7.90. The Labute approximate surface area is 159 Å². The van der Waals surface area contributed by atoms with Crippen molar-refractivity contribution in [1.29, 1.82) is 0 Å². The van der Waals surface area contributed by atoms with Crippen molar-refractivity contribution in [3.63, 3.8) is 0 Å². The first kappa shape index (κ1) is 17.9. The maximum absolute atomic E-state index is 14.4. The molecule has 0 saturated carbocycles. The van der Waals surface area contributed by atoms with Gasteiger partial charge in [-0.25, -0.2) is 21.2 Å². The van der Waals surface area contributed by atoms with Gasteiger partial charge in [0, 0.05) is 34.3 Å². The van der Waals surface area contributed by atoms with Crippen LogP contribution in [0.4, 0.5) is 8.78 Å². The van der Waals surface area contributed by atoms with Crippen LogP contribution in [0.25, 0.3) is 11.3 Å². The van der Waals surface area contributed by atoms with Gasteiger partial charge in [0.05, 0.1) is 10.6 Å². The van der Waals surface area contributed by atoms with Crippen LogP contribution in [0.1, 0.15) is 22.5 Å². The number of hydrogen-bond donors (Lipinski definition) is 0. The lowest BCUT2D eigenvalue weighted by Gasteiger charge is -2.14. The molecule has 0 radical (unpaired) electrons. The Kier molecular flexibility index (Phi) is 4.16. The third-order valence-corrected chi connectivity index (χ3v) is 6.47. The zero-order valence-corrected chi connectivity index (χ0v) is 15.3. The van der Waals surface area contributed by atoms with Crippen molar-refractivity contribution in [1.82, 2.24) is 3.97 Å². The average molecular weight is 408 g/mol. The van der Waals surface area contributed by atoms with Gasteiger partial charge >= 0.3 is 0 Å². The summed E-state index contributed by atoms with van der Waals surface area (Å²) in [5.41, 5.74) is 0.396. The number of hydrogen-bond acceptors (Lipinski definition) is 3. The van der Waals surface area contributed by atoms with Crippen LogP contribution in [-0.2, 0) is 16.4 Å². The minimum Gasteiger partial charge on any atom is -0.294 e. The summed E-state index contributed by atoms with van der Waals surface area (Å²) in [5, 5.41) is 0.227. The van der Waals surface area contributed by atoms with E-state index in [1.807, 2.05) is 0 Å². The van der Waals surface area contributed by atoms with Crippen LogP contribution in [0, 0.1) is 11.6 Å². The van der Waals surface area contributed by atoms with Crippen molar-refractivity contribution in [2.45, 2.75) is 17.7 Å². The Morgan fingerprint density at radius 3 is 2.44 bits per heavy atom. The lowest BCUT2D eigenvalue weighted by Crippen LogP contribution is -2.17. The molecule has 1 aliphatic rings. The third-order valence-electron chi connectivity index (χ3n) is 4.49. The second-order valence-corrected chi connectivity index (χ2v) is 8.39. The molecule has 1 aliphatic carbocycles. The molecule has 0 aliphatic heterocycles. The van der Waals surface area contributed by atoms with Crippen LogP contribution in [0.3, 0.4) is 0 Å². The van der Waals surface area contributed by atoms with Crippen molar-refractivity contribution in [2.24, 2.45) is 0 Å². The lowest BCUT2D eigenvalue weighted by atomic mass is 10.1. The summed E-state index contributed by atoms with van der Waals surface area (Å²) in [6.45, 7) is 0. The van der Waals surface area contributed by atoms with E-state index in [-0.39, 0.29) is 45.4 Å². The quantitative estimate of drug-likeness (QED) is 0.644. The molecule has 3 aromatic rings. The van der Waals surface area contributed by atoms with Crippen LogP contribution < -0.4 is 0 Å². The zero-order chi connectivity index (χ0) is 19.3. The number of halogens is 3. The number of rotatable bonds is 3. The SMILES string of the molecule is O=C1CCc2c1cc(-c1ccc(F)cc1F)n2S(=O)(=O)c1cccc(Cl)c1. The number of carbonyl (C=O) groups is 1. The van der Waals surface area contributed by atoms with E-state index < -0.39 is 21.7 Å². The van der Waals surface area contributed by atoms with Gasteiger partial charge in [-0.15, -0.1) is 0 Å². The molecule has 0 saturated heterocycles. The van der Waals surface area contributed by atoms with Crippen LogP contribution >= 0.6 is 11.6 Å². The number of Topliss-reactive ketones (excluding diaryl/α,β-unsaturated/α-hetero) is 1. The minimum atomic E-state index is -4.15. The molecule has 4 rings (SSSR count). The first-order valence-corrected chi connectivity index (χ1v) is 9.85. The lowest BCUT2D eigenvalue weighted by molar-refractivity contribution is 0.0994. The van der Waals surface area contributed by atoms with Crippen molar-refractivity contribution in [3.8, 4) is 11.3 Å². The monoisotopic (exact) mass is 407 g/mol. The highest BCUT2D eigenvalue weighted by Gasteiger charge is 2.33. The van der Waals surface area contributed by atoms with Gasteiger partial charge < -0.3 is 0 Å². The zero-order valence-electron chi connectivity index (χ0n) is 13.7. The Bertz CT molecular complexity index is 1200. The molecule has 0 N–H and O–H groups in total. The summed E-state index contributed by atoms with van der Waals surface area (Å²) in [7, 11) is -4.15. The highest BCUT2D eigenvalue weighted by Crippen LogP contribution is 2.36. The van der Waals surface area contributed by atoms with Gasteiger partial charge in [0.25, 0.3) is 10.0 Å². The van der Waals surface area contributed by atoms with E-state index in [0.29, 0.717) is 11.8 Å². The van der Waals surface area contributed by atoms with Crippen molar-refractivity contribution < 1.29 is 22.0 Å². The number of aromatic nitrogens is 1. The van der Waals surface area contributed by atoms with Gasteiger partial charge in [0.15, 0.2) is 5.78 Å². The van der Waals surface area contributed by atoms with Crippen LogP contribution in [0.5, 0.6) is 0 Å². The van der Waals surface area contributed by atoms with Crippen LogP contribution in [0.15, 0.2) is 53.4 Å². The van der Waals surface area contributed by atoms with E-state index in [0.717, 1.165) is 16.1 Å². The van der Waals surface area contributed by atoms with E-state index in [9.17, 15) is 22.0 Å². The summed E-state index contributed by atoms with van der Waals surface area (Å²) in [4.78, 5) is 12.0. The first-order chi connectivity index (χ1) is 12.8. The summed E-state index contributed by atoms with van der Waals surface area (Å²) in [6, 6.07) is 9.89. The second kappa shape index (κ2) is 6.28. The van der Waals surface area contributed by atoms with E-state index in [1.54, 1.807) is 0 Å². The molecule has 0 atom stereocenters. The van der Waals surface area contributed by atoms with Crippen molar-refractivity contribution in [3.05, 3.63) is 76.4 Å². The molecule has 0 amide bonds. The topological polar surface area (TPSA) is 56.1 Å². The minimum absolute atomic E-state index is 0.0227. The standard InChI is InChI=1S/C19H12ClF2NO3S/c20-11-2-1-3-13(8-11)27(25,26)23-17-6-7-19(24)15(17)10-18(23)14-5-4-12(21)9-16(14)22/h1-5,8-10H,6-7H2. The van der Waals surface area contributed by atoms with Crippen LogP contribution in [0.2, 0.25) is 5.02 Å². The van der Waals surface area contributed by atoms with Crippen molar-refractivity contribution >= 4 is 27.4 Å². The summed E-state index contributed by atoms with van der Waals surface area (Å²) >= 11 is 5.92. The molecule has 1 aromatic heterocycles. The van der Waals surface area contributed by atoms with E-state index in [2.05, 4.69) is 0 Å². The van der Waals surface area contributed by atoms with Gasteiger partial charge in [-0.3, -0.25) is 4.79 Å². The fourth-order valence-electron chi connectivity index (χ4n) is 3.27. The number of fused-ring (bicyclic) bond motifs is 1. The number of carbonyl (C=O) groups excluding carboxylic acids is 1. The fourth-order valence-corrected chi connectivity index (χ4v) is 5.15. The molecule has 27 heavy (non-hydrogen) atoms. The Balaban J connectivity index is 2.03. The van der Waals surface area contributed by atoms with Gasteiger partial charge in [-0.2, -0.15) is 0 Å². The molecule has 1 heterocycles. The second-order valence-electron chi connectivity index (χ2n) is 6.16. The molecule has 0 spiro atoms. The summed E-state index contributed by atoms with van der Waals surface area (Å²) < 4.78 is 55.2. The Hall–Kier alpha value is -2.51. The number of benzene rings is 2. The van der Waals surface area contributed by atoms with Gasteiger partial charge in [0.1, 0.15) is 11.6 Å². The molecular weight excluding hydrogens is 396 g/mol. The largest absolute Gasteiger partial charge is 0.294 e. The van der Waals surface area contributed by atoms with Gasteiger partial charge in [0.2, 0.25) is 0 Å². The van der Waals surface area contributed by atoms with E-state index in [1.165, 1.54) is 30.3 Å². The predicted octanol–water partition coefficient (Wildman–Crippen LogP) is 4.45. The highest BCUT2D eigenvalue weighted by atomic mass is 35.5. The van der Waals surface area contributed by atoms with E-state index >= 15 is 0 Å². The predicted molar refractivity (Wildman–Crippen MR) is 96.5 cm³/mol. The molecule has 0 unspecified atom stereocenters. The van der Waals surface area contributed by atoms with Gasteiger partial charge in [-0.1, -0.05) is 17.7 Å². The van der Waals surface area contributed by atoms with Crippen molar-refractivity contribution in [2.75, 3.05) is 0 Å². The Morgan fingerprint density at radius 2 is 1.74 bits per heavy atom. The fraction of sp³-hybridized carbons (Fsp3) is 0.105. The molecule has 8 heteroatoms. The Morgan fingerprint density at radius 1 is 0.963 bits per heavy atom. The maximum Gasteiger partial charge on any atom is 0.268 e. The summed E-state index contributed by atoms with van der Waals surface area (Å²) in [6.07, 6.45) is 0.401. The number of nitrogens with zero attached hydrogens (tertiary/aromatic N) is 1. The van der Waals surface area contributed by atoms with Gasteiger partial charge in [-0.05, 0) is 42.8 Å². The molecule has 2 aromatic carbocycles. The molecule has 138 valence electrons. The molecule has 0 bridgehead atoms. The first-order valence-electron chi connectivity index (χ1n) is 8.03. The average Bonchev–Trinajstić information content (AvgIpc) is 3.15. The van der Waals surface area contributed by atoms with E-state index in [4.69, 9.17) is 11.6 Å². The maximum atomic E-state index is 14.4. The smallest absolute Gasteiger partial charge is 0.268 e. The third kappa shape index (κ3) is 2.87. The number of ketones is 1. The molecular formula is C19H12ClF2NO3S.